The summed E-state index contributed by atoms with van der Waals surface area (Å²) in [5, 5.41) is 3.54. The number of hydrogen-bond donors (Lipinski definition) is 1. The average Bonchev–Trinajstić information content (AvgIpc) is 2.48. The number of rotatable bonds is 6. The van der Waals surface area contributed by atoms with Crippen LogP contribution in [0.5, 0.6) is 0 Å². The van der Waals surface area contributed by atoms with Gasteiger partial charge in [0, 0.05) is 18.8 Å². The van der Waals surface area contributed by atoms with Crippen LogP contribution in [0.15, 0.2) is 48.5 Å². The molecular weight excluding hydrogens is 246 g/mol. The summed E-state index contributed by atoms with van der Waals surface area (Å²) in [5.74, 6) is 0. The fourth-order valence-corrected chi connectivity index (χ4v) is 2.29. The van der Waals surface area contributed by atoms with Crippen molar-refractivity contribution in [3.63, 3.8) is 0 Å². The van der Waals surface area contributed by atoms with E-state index in [4.69, 9.17) is 4.74 Å². The van der Waals surface area contributed by atoms with Crippen molar-refractivity contribution in [2.75, 3.05) is 12.4 Å². The predicted octanol–water partition coefficient (Wildman–Crippen LogP) is 4.57. The first-order chi connectivity index (χ1) is 9.72. The Hall–Kier alpha value is -1.80. The summed E-state index contributed by atoms with van der Waals surface area (Å²) in [5.41, 5.74) is 5.00. The van der Waals surface area contributed by atoms with Crippen molar-refractivity contribution in [2.45, 2.75) is 32.9 Å². The third kappa shape index (κ3) is 3.84. The van der Waals surface area contributed by atoms with Crippen LogP contribution in [0.1, 0.15) is 36.6 Å². The number of nitrogens with one attached hydrogen (secondary N) is 1. The van der Waals surface area contributed by atoms with E-state index in [9.17, 15) is 0 Å². The maximum atomic E-state index is 5.17. The number of methoxy groups -OCH3 is 1. The van der Waals surface area contributed by atoms with Crippen molar-refractivity contribution in [1.29, 1.82) is 0 Å². The van der Waals surface area contributed by atoms with Gasteiger partial charge in [-0.3, -0.25) is 0 Å². The fourth-order valence-electron chi connectivity index (χ4n) is 2.29. The van der Waals surface area contributed by atoms with Crippen LogP contribution in [-0.4, -0.2) is 7.11 Å². The van der Waals surface area contributed by atoms with E-state index in [2.05, 4.69) is 67.7 Å². The molecule has 0 saturated carbocycles. The molecule has 2 aromatic rings. The Morgan fingerprint density at radius 1 is 1.05 bits per heavy atom. The lowest BCUT2D eigenvalue weighted by Crippen LogP contribution is -2.07. The molecule has 0 aliphatic rings. The normalized spacial score (nSPS) is 12.2. The third-order valence-electron chi connectivity index (χ3n) is 3.51. The van der Waals surface area contributed by atoms with E-state index in [1.165, 1.54) is 16.7 Å². The van der Waals surface area contributed by atoms with E-state index >= 15 is 0 Å². The molecule has 1 atom stereocenters. The number of ether oxygens (including phenoxy) is 1. The van der Waals surface area contributed by atoms with Crippen molar-refractivity contribution in [3.8, 4) is 0 Å². The minimum absolute atomic E-state index is 0.290. The molecule has 1 N–H and O–H groups in total. The molecule has 0 aromatic heterocycles. The highest BCUT2D eigenvalue weighted by Gasteiger charge is 2.05. The summed E-state index contributed by atoms with van der Waals surface area (Å²) in [7, 11) is 1.72. The van der Waals surface area contributed by atoms with Gasteiger partial charge in [-0.15, -0.1) is 0 Å². The molecule has 106 valence electrons. The molecule has 20 heavy (non-hydrogen) atoms. The van der Waals surface area contributed by atoms with Crippen molar-refractivity contribution in [2.24, 2.45) is 0 Å². The zero-order valence-electron chi connectivity index (χ0n) is 12.5. The largest absolute Gasteiger partial charge is 0.380 e. The van der Waals surface area contributed by atoms with E-state index in [0.717, 1.165) is 12.1 Å². The quantitative estimate of drug-likeness (QED) is 0.829. The summed E-state index contributed by atoms with van der Waals surface area (Å²) >= 11 is 0. The van der Waals surface area contributed by atoms with Gasteiger partial charge in [0.2, 0.25) is 0 Å². The van der Waals surface area contributed by atoms with Crippen LogP contribution in [0.3, 0.4) is 0 Å². The van der Waals surface area contributed by atoms with Crippen molar-refractivity contribution >= 4 is 5.69 Å². The molecule has 0 fully saturated rings. The summed E-state index contributed by atoms with van der Waals surface area (Å²) in [6, 6.07) is 17.5. The molecule has 0 amide bonds. The lowest BCUT2D eigenvalue weighted by atomic mass is 10.0. The highest BCUT2D eigenvalue weighted by atomic mass is 16.5. The maximum absolute atomic E-state index is 5.17. The third-order valence-corrected chi connectivity index (χ3v) is 3.51. The van der Waals surface area contributed by atoms with Gasteiger partial charge >= 0.3 is 0 Å². The Morgan fingerprint density at radius 3 is 2.45 bits per heavy atom. The van der Waals surface area contributed by atoms with E-state index in [1.54, 1.807) is 7.11 Å². The number of anilines is 1. The van der Waals surface area contributed by atoms with Gasteiger partial charge in [0.1, 0.15) is 0 Å². The monoisotopic (exact) mass is 269 g/mol. The molecule has 0 radical (unpaired) electrons. The lowest BCUT2D eigenvalue weighted by Gasteiger charge is -2.17. The second-order valence-corrected chi connectivity index (χ2v) is 5.09. The van der Waals surface area contributed by atoms with Gasteiger partial charge in [-0.2, -0.15) is 0 Å². The van der Waals surface area contributed by atoms with Gasteiger partial charge in [0.15, 0.2) is 0 Å². The molecule has 0 saturated heterocycles. The standard InChI is InChI=1S/C18H23NO/c1-4-15-8-10-17(11-9-15)14(2)19-18-7-5-6-16(12-18)13-20-3/h5-12,14,19H,4,13H2,1-3H3. The first kappa shape index (κ1) is 14.6. The molecule has 0 spiro atoms. The molecule has 0 aliphatic carbocycles. The fraction of sp³-hybridized carbons (Fsp3) is 0.333. The van der Waals surface area contributed by atoms with Crippen molar-refractivity contribution in [3.05, 3.63) is 65.2 Å². The molecule has 2 nitrogen and oxygen atoms in total. The summed E-state index contributed by atoms with van der Waals surface area (Å²) in [6.07, 6.45) is 1.08. The molecular formula is C18H23NO. The van der Waals surface area contributed by atoms with Gasteiger partial charge in [0.25, 0.3) is 0 Å². The van der Waals surface area contributed by atoms with Crippen LogP contribution in [0.4, 0.5) is 5.69 Å². The molecule has 0 heterocycles. The van der Waals surface area contributed by atoms with Crippen LogP contribution in [0, 0.1) is 0 Å². The van der Waals surface area contributed by atoms with Crippen LogP contribution >= 0.6 is 0 Å². The van der Waals surface area contributed by atoms with Crippen LogP contribution in [-0.2, 0) is 17.8 Å². The zero-order valence-corrected chi connectivity index (χ0v) is 12.5. The first-order valence-corrected chi connectivity index (χ1v) is 7.16. The first-order valence-electron chi connectivity index (χ1n) is 7.16. The van der Waals surface area contributed by atoms with Crippen molar-refractivity contribution in [1.82, 2.24) is 0 Å². The Bertz CT molecular complexity index is 533. The van der Waals surface area contributed by atoms with Gasteiger partial charge in [-0.05, 0) is 42.2 Å². The highest BCUT2D eigenvalue weighted by Crippen LogP contribution is 2.20. The van der Waals surface area contributed by atoms with Crippen molar-refractivity contribution < 1.29 is 4.74 Å². The smallest absolute Gasteiger partial charge is 0.0713 e. The molecule has 0 aliphatic heterocycles. The second-order valence-electron chi connectivity index (χ2n) is 5.09. The van der Waals surface area contributed by atoms with E-state index in [-0.39, 0.29) is 0 Å². The van der Waals surface area contributed by atoms with E-state index < -0.39 is 0 Å². The Morgan fingerprint density at radius 2 is 1.80 bits per heavy atom. The van der Waals surface area contributed by atoms with Gasteiger partial charge in [0.05, 0.1) is 6.61 Å². The zero-order chi connectivity index (χ0) is 14.4. The molecule has 2 heteroatoms. The molecule has 2 rings (SSSR count). The van der Waals surface area contributed by atoms with Gasteiger partial charge < -0.3 is 10.1 Å². The van der Waals surface area contributed by atoms with Gasteiger partial charge in [-0.1, -0.05) is 43.3 Å². The second kappa shape index (κ2) is 7.11. The minimum atomic E-state index is 0.290. The molecule has 0 bridgehead atoms. The van der Waals surface area contributed by atoms with E-state index in [0.29, 0.717) is 12.6 Å². The van der Waals surface area contributed by atoms with Crippen LogP contribution in [0.2, 0.25) is 0 Å². The van der Waals surface area contributed by atoms with Gasteiger partial charge in [-0.25, -0.2) is 0 Å². The van der Waals surface area contributed by atoms with Crippen LogP contribution in [0.25, 0.3) is 0 Å². The number of hydrogen-bond acceptors (Lipinski definition) is 2. The average molecular weight is 269 g/mol. The highest BCUT2D eigenvalue weighted by molar-refractivity contribution is 5.47. The molecule has 2 aromatic carbocycles. The lowest BCUT2D eigenvalue weighted by molar-refractivity contribution is 0.185. The summed E-state index contributed by atoms with van der Waals surface area (Å²) in [4.78, 5) is 0. The number of benzene rings is 2. The minimum Gasteiger partial charge on any atom is -0.380 e. The molecule has 1 unspecified atom stereocenters. The summed E-state index contributed by atoms with van der Waals surface area (Å²) in [6.45, 7) is 5.01. The van der Waals surface area contributed by atoms with Crippen LogP contribution < -0.4 is 5.32 Å². The maximum Gasteiger partial charge on any atom is 0.0713 e. The summed E-state index contributed by atoms with van der Waals surface area (Å²) < 4.78 is 5.17. The Labute approximate surface area is 121 Å². The van der Waals surface area contributed by atoms with E-state index in [1.807, 2.05) is 0 Å². The SMILES string of the molecule is CCc1ccc(C(C)Nc2cccc(COC)c2)cc1. The predicted molar refractivity (Wildman–Crippen MR) is 85.0 cm³/mol. The topological polar surface area (TPSA) is 21.3 Å². The Kier molecular flexibility index (Phi) is 5.19. The Balaban J connectivity index is 2.06. The number of aryl methyl sites for hydroxylation is 1.